The molecule has 4 heteroatoms. The minimum Gasteiger partial charge on any atom is -0.497 e. The van der Waals surface area contributed by atoms with E-state index in [0.717, 1.165) is 38.5 Å². The number of nitrogens with zero attached hydrogens (tertiary/aromatic N) is 2. The Labute approximate surface area is 128 Å². The van der Waals surface area contributed by atoms with Gasteiger partial charge >= 0.3 is 0 Å². The fourth-order valence-electron chi connectivity index (χ4n) is 3.08. The first-order valence-corrected chi connectivity index (χ1v) is 7.97. The van der Waals surface area contributed by atoms with E-state index in [2.05, 4.69) is 35.8 Å². The van der Waals surface area contributed by atoms with Crippen molar-refractivity contribution in [3.8, 4) is 5.75 Å². The predicted molar refractivity (Wildman–Crippen MR) is 89.1 cm³/mol. The number of methoxy groups -OCH3 is 1. The van der Waals surface area contributed by atoms with Crippen molar-refractivity contribution in [2.75, 3.05) is 44.7 Å². The zero-order valence-electron chi connectivity index (χ0n) is 13.6. The van der Waals surface area contributed by atoms with Crippen LogP contribution in [0.2, 0.25) is 0 Å². The summed E-state index contributed by atoms with van der Waals surface area (Å²) in [4.78, 5) is 5.00. The highest BCUT2D eigenvalue weighted by Gasteiger charge is 2.23. The van der Waals surface area contributed by atoms with Crippen molar-refractivity contribution in [3.05, 3.63) is 24.3 Å². The van der Waals surface area contributed by atoms with Gasteiger partial charge in [0.2, 0.25) is 0 Å². The minimum absolute atomic E-state index is 0.531. The molecule has 1 atom stereocenters. The van der Waals surface area contributed by atoms with Gasteiger partial charge in [-0.1, -0.05) is 13.8 Å². The van der Waals surface area contributed by atoms with Crippen molar-refractivity contribution >= 4 is 5.69 Å². The van der Waals surface area contributed by atoms with Gasteiger partial charge in [0.1, 0.15) is 5.75 Å². The van der Waals surface area contributed by atoms with Crippen LogP contribution in [0.25, 0.3) is 0 Å². The van der Waals surface area contributed by atoms with Crippen LogP contribution >= 0.6 is 0 Å². The van der Waals surface area contributed by atoms with Crippen LogP contribution in [0, 0.1) is 5.92 Å². The fraction of sp³-hybridized carbons (Fsp3) is 0.647. The van der Waals surface area contributed by atoms with Gasteiger partial charge in [-0.15, -0.1) is 0 Å². The fourth-order valence-corrected chi connectivity index (χ4v) is 3.08. The Hall–Kier alpha value is -1.26. The lowest BCUT2D eigenvalue weighted by Crippen LogP contribution is -2.52. The van der Waals surface area contributed by atoms with Gasteiger partial charge in [0.05, 0.1) is 7.11 Å². The number of hydrogen-bond donors (Lipinski definition) is 1. The molecule has 2 rings (SSSR count). The molecular weight excluding hydrogens is 262 g/mol. The normalized spacial score (nSPS) is 18.0. The summed E-state index contributed by atoms with van der Waals surface area (Å²) < 4.78 is 5.22. The molecule has 1 heterocycles. The Morgan fingerprint density at radius 3 is 2.19 bits per heavy atom. The van der Waals surface area contributed by atoms with Gasteiger partial charge in [0.25, 0.3) is 0 Å². The Balaban J connectivity index is 1.89. The van der Waals surface area contributed by atoms with Crippen molar-refractivity contribution in [1.29, 1.82) is 0 Å². The van der Waals surface area contributed by atoms with E-state index >= 15 is 0 Å². The number of hydrogen-bond acceptors (Lipinski definition) is 4. The SMILES string of the molecule is COc1ccc(N2CCN(C(CN)CC(C)C)CC2)cc1. The molecule has 1 aliphatic rings. The van der Waals surface area contributed by atoms with Gasteiger partial charge in [-0.05, 0) is 36.6 Å². The molecule has 1 saturated heterocycles. The number of rotatable bonds is 6. The molecule has 1 unspecified atom stereocenters. The molecule has 1 aromatic rings. The van der Waals surface area contributed by atoms with Gasteiger partial charge in [0.15, 0.2) is 0 Å². The third kappa shape index (κ3) is 4.35. The van der Waals surface area contributed by atoms with E-state index in [1.165, 1.54) is 12.1 Å². The lowest BCUT2D eigenvalue weighted by Gasteiger charge is -2.40. The third-order valence-electron chi connectivity index (χ3n) is 4.28. The van der Waals surface area contributed by atoms with E-state index < -0.39 is 0 Å². The summed E-state index contributed by atoms with van der Waals surface area (Å²) in [6.45, 7) is 9.65. The highest BCUT2D eigenvalue weighted by atomic mass is 16.5. The first kappa shape index (κ1) is 16.1. The third-order valence-corrected chi connectivity index (χ3v) is 4.28. The van der Waals surface area contributed by atoms with Crippen LogP contribution in [0.3, 0.4) is 0 Å². The second-order valence-electron chi connectivity index (χ2n) is 6.24. The molecule has 0 aliphatic carbocycles. The Bertz CT molecular complexity index is 411. The molecule has 1 aromatic carbocycles. The lowest BCUT2D eigenvalue weighted by molar-refractivity contribution is 0.168. The van der Waals surface area contributed by atoms with E-state index in [0.29, 0.717) is 12.0 Å². The highest BCUT2D eigenvalue weighted by molar-refractivity contribution is 5.49. The topological polar surface area (TPSA) is 41.7 Å². The molecule has 0 saturated carbocycles. The monoisotopic (exact) mass is 291 g/mol. The van der Waals surface area contributed by atoms with Crippen molar-refractivity contribution in [2.45, 2.75) is 26.3 Å². The van der Waals surface area contributed by atoms with E-state index in [-0.39, 0.29) is 0 Å². The first-order valence-electron chi connectivity index (χ1n) is 7.97. The van der Waals surface area contributed by atoms with Crippen molar-refractivity contribution in [1.82, 2.24) is 4.90 Å². The number of piperazine rings is 1. The van der Waals surface area contributed by atoms with Gasteiger partial charge in [-0.3, -0.25) is 4.90 Å². The summed E-state index contributed by atoms with van der Waals surface area (Å²) in [5.74, 6) is 1.62. The van der Waals surface area contributed by atoms with Gasteiger partial charge in [-0.25, -0.2) is 0 Å². The van der Waals surface area contributed by atoms with E-state index in [1.54, 1.807) is 7.11 Å². The average molecular weight is 291 g/mol. The van der Waals surface area contributed by atoms with Crippen LogP contribution in [0.1, 0.15) is 20.3 Å². The van der Waals surface area contributed by atoms with Crippen LogP contribution in [0.4, 0.5) is 5.69 Å². The second-order valence-corrected chi connectivity index (χ2v) is 6.24. The molecule has 0 bridgehead atoms. The maximum absolute atomic E-state index is 5.96. The molecular formula is C17H29N3O. The molecule has 0 spiro atoms. The van der Waals surface area contributed by atoms with Gasteiger partial charge in [-0.2, -0.15) is 0 Å². The van der Waals surface area contributed by atoms with Crippen LogP contribution in [-0.2, 0) is 0 Å². The number of ether oxygens (including phenoxy) is 1. The first-order chi connectivity index (χ1) is 10.1. The summed E-state index contributed by atoms with van der Waals surface area (Å²) in [6, 6.07) is 8.88. The number of nitrogens with two attached hydrogens (primary N) is 1. The smallest absolute Gasteiger partial charge is 0.119 e. The number of benzene rings is 1. The Kier molecular flexibility index (Phi) is 5.88. The predicted octanol–water partition coefficient (Wildman–Crippen LogP) is 2.19. The molecule has 21 heavy (non-hydrogen) atoms. The van der Waals surface area contributed by atoms with Crippen LogP contribution in [0.15, 0.2) is 24.3 Å². The van der Waals surface area contributed by atoms with E-state index in [1.807, 2.05) is 12.1 Å². The molecule has 1 aliphatic heterocycles. The summed E-state index contributed by atoms with van der Waals surface area (Å²) in [5.41, 5.74) is 7.24. The standard InChI is InChI=1S/C17H29N3O/c1-14(2)12-16(13-18)20-10-8-19(9-11-20)15-4-6-17(21-3)7-5-15/h4-7,14,16H,8-13,18H2,1-3H3. The molecule has 118 valence electrons. The molecule has 0 amide bonds. The number of anilines is 1. The maximum Gasteiger partial charge on any atom is 0.119 e. The maximum atomic E-state index is 5.96. The molecule has 1 fully saturated rings. The quantitative estimate of drug-likeness (QED) is 0.872. The Morgan fingerprint density at radius 1 is 1.10 bits per heavy atom. The summed E-state index contributed by atoms with van der Waals surface area (Å²) in [7, 11) is 1.70. The van der Waals surface area contributed by atoms with Crippen LogP contribution in [0.5, 0.6) is 5.75 Å². The average Bonchev–Trinajstić information content (AvgIpc) is 2.53. The summed E-state index contributed by atoms with van der Waals surface area (Å²) >= 11 is 0. The largest absolute Gasteiger partial charge is 0.497 e. The van der Waals surface area contributed by atoms with Gasteiger partial charge < -0.3 is 15.4 Å². The zero-order chi connectivity index (χ0) is 15.2. The Morgan fingerprint density at radius 2 is 1.71 bits per heavy atom. The highest BCUT2D eigenvalue weighted by Crippen LogP contribution is 2.21. The molecule has 0 aromatic heterocycles. The van der Waals surface area contributed by atoms with Crippen molar-refractivity contribution in [2.24, 2.45) is 11.7 Å². The second kappa shape index (κ2) is 7.66. The van der Waals surface area contributed by atoms with E-state index in [4.69, 9.17) is 10.5 Å². The summed E-state index contributed by atoms with van der Waals surface area (Å²) in [5, 5.41) is 0. The van der Waals surface area contributed by atoms with E-state index in [9.17, 15) is 0 Å². The molecule has 4 nitrogen and oxygen atoms in total. The minimum atomic E-state index is 0.531. The zero-order valence-corrected chi connectivity index (χ0v) is 13.6. The van der Waals surface area contributed by atoms with Gasteiger partial charge in [0, 0.05) is 44.5 Å². The summed E-state index contributed by atoms with van der Waals surface area (Å²) in [6.07, 6.45) is 1.19. The van der Waals surface area contributed by atoms with Crippen LogP contribution in [-0.4, -0.2) is 50.8 Å². The van der Waals surface area contributed by atoms with Crippen molar-refractivity contribution < 1.29 is 4.74 Å². The molecule has 2 N–H and O–H groups in total. The van der Waals surface area contributed by atoms with Crippen LogP contribution < -0.4 is 15.4 Å². The lowest BCUT2D eigenvalue weighted by atomic mass is 10.0. The van der Waals surface area contributed by atoms with Crippen molar-refractivity contribution in [3.63, 3.8) is 0 Å². The molecule has 0 radical (unpaired) electrons.